The number of benzene rings is 7. The number of methoxy groups -OCH3 is 1. The standard InChI is InChI=1S/C45H39N9O11S3/c1-25-18-33(9-15-37(25)49-47-32-10-16-38(26(2)19-32)50-51-39-17-13-35(66(56,57)58)24-42(39)67(59,60)61)48-52-40-20-28(4)41(21-27(40)3)53-54-44-43(68(62,63)64)23-29-22-31(8-14-36(29)45(44)55)46-30-6-11-34(65-5)12-7-30/h6-24,46,55H,1-5H3,(H,56,57,58)(H,59,60,61)(H,62,63,64). The molecule has 20 nitrogen and oxygen atoms in total. The van der Waals surface area contributed by atoms with E-state index in [1.54, 1.807) is 119 Å². The average Bonchev–Trinajstić information content (AvgIpc) is 3.27. The molecule has 348 valence electrons. The summed E-state index contributed by atoms with van der Waals surface area (Å²) in [4.78, 5) is -2.24. The van der Waals surface area contributed by atoms with Crippen molar-refractivity contribution in [3.05, 3.63) is 138 Å². The molecule has 0 heterocycles. The van der Waals surface area contributed by atoms with E-state index in [9.17, 15) is 44.0 Å². The van der Waals surface area contributed by atoms with Crippen LogP contribution in [0.4, 0.5) is 56.9 Å². The molecule has 7 aromatic carbocycles. The Labute approximate surface area is 389 Å². The highest BCUT2D eigenvalue weighted by Gasteiger charge is 2.23. The Hall–Kier alpha value is -7.67. The topological polar surface area (TPSA) is 303 Å². The molecule has 0 aliphatic heterocycles. The fourth-order valence-corrected chi connectivity index (χ4v) is 8.46. The molecule has 0 aromatic heterocycles. The van der Waals surface area contributed by atoms with Crippen molar-refractivity contribution in [2.75, 3.05) is 12.4 Å². The zero-order valence-corrected chi connectivity index (χ0v) is 38.9. The Morgan fingerprint density at radius 3 is 1.47 bits per heavy atom. The van der Waals surface area contributed by atoms with Crippen molar-refractivity contribution in [1.82, 2.24) is 0 Å². The first kappa shape index (κ1) is 48.3. The number of hydrogen-bond donors (Lipinski definition) is 5. The highest BCUT2D eigenvalue weighted by Crippen LogP contribution is 2.43. The van der Waals surface area contributed by atoms with Crippen LogP contribution >= 0.6 is 0 Å². The number of nitrogens with one attached hydrogen (secondary N) is 1. The van der Waals surface area contributed by atoms with Gasteiger partial charge in [0.15, 0.2) is 5.75 Å². The maximum atomic E-state index is 12.6. The summed E-state index contributed by atoms with van der Waals surface area (Å²) in [7, 11) is -13.0. The van der Waals surface area contributed by atoms with Crippen LogP contribution in [0, 0.1) is 27.7 Å². The lowest BCUT2D eigenvalue weighted by Gasteiger charge is -2.12. The second kappa shape index (κ2) is 19.3. The van der Waals surface area contributed by atoms with Crippen molar-refractivity contribution in [2.45, 2.75) is 42.4 Å². The number of hydrogen-bond acceptors (Lipinski definition) is 17. The first-order valence-corrected chi connectivity index (χ1v) is 24.2. The molecule has 0 radical (unpaired) electrons. The summed E-state index contributed by atoms with van der Waals surface area (Å²) in [6.07, 6.45) is 0. The lowest BCUT2D eigenvalue weighted by atomic mass is 10.1. The maximum Gasteiger partial charge on any atom is 0.296 e. The predicted octanol–water partition coefficient (Wildman–Crippen LogP) is 12.9. The number of phenols is 1. The van der Waals surface area contributed by atoms with Gasteiger partial charge in [0.25, 0.3) is 30.4 Å². The highest BCUT2D eigenvalue weighted by atomic mass is 32.2. The van der Waals surface area contributed by atoms with Gasteiger partial charge in [-0.3, -0.25) is 13.7 Å². The first-order valence-electron chi connectivity index (χ1n) is 19.8. The Kier molecular flexibility index (Phi) is 13.7. The first-order chi connectivity index (χ1) is 32.1. The van der Waals surface area contributed by atoms with E-state index in [2.05, 4.69) is 46.2 Å². The Balaban J connectivity index is 1.04. The number of nitrogens with zero attached hydrogens (tertiary/aromatic N) is 8. The van der Waals surface area contributed by atoms with Crippen LogP contribution in [-0.2, 0) is 30.4 Å². The van der Waals surface area contributed by atoms with Crippen LogP contribution < -0.4 is 10.1 Å². The van der Waals surface area contributed by atoms with Crippen molar-refractivity contribution in [1.29, 1.82) is 0 Å². The van der Waals surface area contributed by atoms with Gasteiger partial charge < -0.3 is 15.2 Å². The van der Waals surface area contributed by atoms with E-state index in [0.717, 1.165) is 23.4 Å². The summed E-state index contributed by atoms with van der Waals surface area (Å²) in [6.45, 7) is 7.04. The van der Waals surface area contributed by atoms with Crippen molar-refractivity contribution >= 4 is 98.0 Å². The third-order valence-electron chi connectivity index (χ3n) is 10.2. The summed E-state index contributed by atoms with van der Waals surface area (Å²) >= 11 is 0. The molecule has 0 unspecified atom stereocenters. The van der Waals surface area contributed by atoms with Crippen molar-refractivity contribution < 1.29 is 48.8 Å². The average molecular weight is 978 g/mol. The summed E-state index contributed by atoms with van der Waals surface area (Å²) in [5.74, 6) is 0.188. The van der Waals surface area contributed by atoms with Gasteiger partial charge in [-0.05, 0) is 171 Å². The molecule has 5 N–H and O–H groups in total. The Morgan fingerprint density at radius 2 is 0.941 bits per heavy atom. The van der Waals surface area contributed by atoms with E-state index in [1.165, 1.54) is 6.07 Å². The molecule has 0 aliphatic carbocycles. The zero-order valence-electron chi connectivity index (χ0n) is 36.4. The third-order valence-corrected chi connectivity index (χ3v) is 12.8. The number of anilines is 2. The maximum absolute atomic E-state index is 12.6. The van der Waals surface area contributed by atoms with Crippen molar-refractivity contribution in [3.63, 3.8) is 0 Å². The van der Waals surface area contributed by atoms with E-state index in [4.69, 9.17) is 4.74 Å². The van der Waals surface area contributed by atoms with Gasteiger partial charge in [0.05, 0.1) is 46.1 Å². The van der Waals surface area contributed by atoms with Gasteiger partial charge in [0.2, 0.25) is 0 Å². The number of rotatable bonds is 14. The molecule has 0 saturated heterocycles. The van der Waals surface area contributed by atoms with E-state index in [1.807, 2.05) is 6.92 Å². The number of aromatic hydroxyl groups is 1. The van der Waals surface area contributed by atoms with Gasteiger partial charge in [0.1, 0.15) is 26.9 Å². The molecule has 0 spiro atoms. The summed E-state index contributed by atoms with van der Waals surface area (Å²) < 4.78 is 106. The van der Waals surface area contributed by atoms with Gasteiger partial charge in [-0.25, -0.2) is 0 Å². The monoisotopic (exact) mass is 977 g/mol. The molecule has 0 atom stereocenters. The SMILES string of the molecule is COc1ccc(Nc2ccc3c(O)c(N=Nc4cc(C)c(N=Nc5ccc(N=Nc6ccc(N=Nc7ccc(S(=O)(=O)O)cc7S(=O)(=O)O)c(C)c6)c(C)c5)cc4C)c(S(=O)(=O)O)cc3c2)cc1. The normalized spacial score (nSPS) is 12.6. The molecule has 7 aromatic rings. The summed E-state index contributed by atoms with van der Waals surface area (Å²) in [5.41, 5.74) is 5.80. The number of aryl methyl sites for hydroxylation is 4. The minimum Gasteiger partial charge on any atom is -0.505 e. The van der Waals surface area contributed by atoms with Gasteiger partial charge in [-0.1, -0.05) is 0 Å². The molecule has 7 rings (SSSR count). The van der Waals surface area contributed by atoms with E-state index >= 15 is 0 Å². The number of phenolic OH excluding ortho intramolecular Hbond substituents is 1. The Bertz CT molecular complexity index is 3620. The fourth-order valence-electron chi connectivity index (χ4n) is 6.57. The second-order valence-electron chi connectivity index (χ2n) is 15.1. The number of ether oxygens (including phenoxy) is 1. The van der Waals surface area contributed by atoms with E-state index in [-0.39, 0.29) is 11.1 Å². The highest BCUT2D eigenvalue weighted by molar-refractivity contribution is 7.87. The zero-order chi connectivity index (χ0) is 49.1. The second-order valence-corrected chi connectivity index (χ2v) is 19.3. The Morgan fingerprint density at radius 1 is 0.456 bits per heavy atom. The van der Waals surface area contributed by atoms with Gasteiger partial charge in [-0.2, -0.15) is 55.9 Å². The summed E-state index contributed by atoms with van der Waals surface area (Å²) in [6, 6.07) is 29.1. The van der Waals surface area contributed by atoms with Gasteiger partial charge in [0, 0.05) is 16.8 Å². The van der Waals surface area contributed by atoms with Crippen molar-refractivity contribution in [3.8, 4) is 11.5 Å². The molecular formula is C45H39N9O11S3. The van der Waals surface area contributed by atoms with Crippen LogP contribution in [0.1, 0.15) is 22.3 Å². The lowest BCUT2D eigenvalue weighted by Crippen LogP contribution is -2.03. The summed E-state index contributed by atoms with van der Waals surface area (Å²) in [5, 5.41) is 48.8. The number of azo groups is 4. The molecule has 0 saturated carbocycles. The van der Waals surface area contributed by atoms with E-state index < -0.39 is 56.5 Å². The molecular weight excluding hydrogens is 939 g/mol. The molecule has 23 heteroatoms. The molecule has 68 heavy (non-hydrogen) atoms. The molecule has 0 bridgehead atoms. The largest absolute Gasteiger partial charge is 0.505 e. The van der Waals surface area contributed by atoms with Crippen LogP contribution in [0.25, 0.3) is 10.8 Å². The van der Waals surface area contributed by atoms with Crippen LogP contribution in [0.15, 0.2) is 171 Å². The quantitative estimate of drug-likeness (QED) is 0.0502. The molecule has 0 amide bonds. The minimum absolute atomic E-state index is 0.280. The van der Waals surface area contributed by atoms with Crippen LogP contribution in [-0.4, -0.2) is 51.1 Å². The number of fused-ring (bicyclic) bond motifs is 1. The van der Waals surface area contributed by atoms with Crippen LogP contribution in [0.3, 0.4) is 0 Å². The smallest absolute Gasteiger partial charge is 0.296 e. The predicted molar refractivity (Wildman–Crippen MR) is 253 cm³/mol. The van der Waals surface area contributed by atoms with Crippen LogP contribution in [0.5, 0.6) is 11.5 Å². The van der Waals surface area contributed by atoms with Crippen molar-refractivity contribution in [2.24, 2.45) is 40.9 Å². The van der Waals surface area contributed by atoms with E-state index in [0.29, 0.717) is 73.7 Å². The van der Waals surface area contributed by atoms with Gasteiger partial charge in [-0.15, -0.1) is 10.2 Å². The third kappa shape index (κ3) is 11.3. The molecule has 0 fully saturated rings. The lowest BCUT2D eigenvalue weighted by molar-refractivity contribution is 0.415. The fraction of sp³-hybridized carbons (Fsp3) is 0.111. The minimum atomic E-state index is -4.93. The molecule has 0 aliphatic rings. The van der Waals surface area contributed by atoms with Gasteiger partial charge >= 0.3 is 0 Å². The van der Waals surface area contributed by atoms with Crippen LogP contribution in [0.2, 0.25) is 0 Å².